The van der Waals surface area contributed by atoms with Crippen molar-refractivity contribution in [1.82, 2.24) is 14.7 Å². The molecule has 0 unspecified atom stereocenters. The molecule has 2 saturated heterocycles. The number of piperazine rings is 1. The molecule has 3 rings (SSSR count). The SMILES string of the molecule is Cc1ccccc1NC(=O)CN1CCN(CC(=O)N2CCCC[C@H]2C)CC1. The first-order valence-electron chi connectivity index (χ1n) is 10.1. The van der Waals surface area contributed by atoms with Crippen molar-refractivity contribution in [2.45, 2.75) is 39.2 Å². The van der Waals surface area contributed by atoms with Crippen molar-refractivity contribution in [3.05, 3.63) is 29.8 Å². The van der Waals surface area contributed by atoms with Crippen molar-refractivity contribution < 1.29 is 9.59 Å². The highest BCUT2D eigenvalue weighted by molar-refractivity contribution is 5.92. The summed E-state index contributed by atoms with van der Waals surface area (Å²) < 4.78 is 0. The molecule has 0 aliphatic carbocycles. The van der Waals surface area contributed by atoms with Gasteiger partial charge in [-0.25, -0.2) is 0 Å². The summed E-state index contributed by atoms with van der Waals surface area (Å²) in [5.41, 5.74) is 1.95. The van der Waals surface area contributed by atoms with Crippen molar-refractivity contribution in [3.63, 3.8) is 0 Å². The molecule has 1 N–H and O–H groups in total. The van der Waals surface area contributed by atoms with E-state index in [1.807, 2.05) is 36.1 Å². The third-order valence-corrected chi connectivity index (χ3v) is 5.73. The topological polar surface area (TPSA) is 55.9 Å². The number of nitrogens with zero attached hydrogens (tertiary/aromatic N) is 3. The van der Waals surface area contributed by atoms with Gasteiger partial charge in [-0.05, 0) is 44.7 Å². The molecule has 0 bridgehead atoms. The van der Waals surface area contributed by atoms with Gasteiger partial charge in [-0.15, -0.1) is 0 Å². The summed E-state index contributed by atoms with van der Waals surface area (Å²) in [4.78, 5) is 31.3. The van der Waals surface area contributed by atoms with Crippen LogP contribution in [0.5, 0.6) is 0 Å². The molecule has 6 nitrogen and oxygen atoms in total. The number of anilines is 1. The number of carbonyl (C=O) groups is 2. The van der Waals surface area contributed by atoms with Crippen molar-refractivity contribution in [2.24, 2.45) is 0 Å². The Hall–Kier alpha value is -1.92. The summed E-state index contributed by atoms with van der Waals surface area (Å²) >= 11 is 0. The van der Waals surface area contributed by atoms with Crippen LogP contribution in [0, 0.1) is 6.92 Å². The van der Waals surface area contributed by atoms with Crippen LogP contribution in [0.2, 0.25) is 0 Å². The van der Waals surface area contributed by atoms with E-state index in [0.29, 0.717) is 19.1 Å². The summed E-state index contributed by atoms with van der Waals surface area (Å²) in [5, 5.41) is 2.99. The minimum Gasteiger partial charge on any atom is -0.339 e. The average Bonchev–Trinajstić information content (AvgIpc) is 2.65. The zero-order valence-corrected chi connectivity index (χ0v) is 16.6. The van der Waals surface area contributed by atoms with Crippen LogP contribution in [0.15, 0.2) is 24.3 Å². The fourth-order valence-electron chi connectivity index (χ4n) is 3.96. The average molecular weight is 373 g/mol. The Morgan fingerprint density at radius 1 is 1.00 bits per heavy atom. The van der Waals surface area contributed by atoms with E-state index in [-0.39, 0.29) is 11.8 Å². The molecule has 1 atom stereocenters. The molecule has 148 valence electrons. The van der Waals surface area contributed by atoms with E-state index in [1.54, 1.807) is 0 Å². The van der Waals surface area contributed by atoms with Crippen LogP contribution in [0.1, 0.15) is 31.7 Å². The molecular formula is C21H32N4O2. The van der Waals surface area contributed by atoms with Crippen LogP contribution in [-0.4, -0.2) is 78.4 Å². The molecular weight excluding hydrogens is 340 g/mol. The number of carbonyl (C=O) groups excluding carboxylic acids is 2. The Labute approximate surface area is 162 Å². The Bertz CT molecular complexity index is 655. The maximum atomic E-state index is 12.6. The monoisotopic (exact) mass is 372 g/mol. The van der Waals surface area contributed by atoms with Gasteiger partial charge in [0, 0.05) is 44.5 Å². The van der Waals surface area contributed by atoms with E-state index < -0.39 is 0 Å². The Morgan fingerprint density at radius 2 is 1.67 bits per heavy atom. The zero-order chi connectivity index (χ0) is 19.2. The van der Waals surface area contributed by atoms with Gasteiger partial charge in [-0.3, -0.25) is 19.4 Å². The predicted molar refractivity (Wildman–Crippen MR) is 108 cm³/mol. The lowest BCUT2D eigenvalue weighted by molar-refractivity contribution is -0.136. The number of amides is 2. The summed E-state index contributed by atoms with van der Waals surface area (Å²) in [7, 11) is 0. The molecule has 2 amide bonds. The second-order valence-electron chi connectivity index (χ2n) is 7.85. The fraction of sp³-hybridized carbons (Fsp3) is 0.619. The first-order valence-corrected chi connectivity index (χ1v) is 10.1. The minimum atomic E-state index is 0.0240. The molecule has 27 heavy (non-hydrogen) atoms. The lowest BCUT2D eigenvalue weighted by atomic mass is 10.0. The normalized spacial score (nSPS) is 21.9. The van der Waals surface area contributed by atoms with Crippen LogP contribution < -0.4 is 5.32 Å². The van der Waals surface area contributed by atoms with E-state index in [4.69, 9.17) is 0 Å². The summed E-state index contributed by atoms with van der Waals surface area (Å²) in [6, 6.07) is 8.20. The second-order valence-corrected chi connectivity index (χ2v) is 7.85. The maximum Gasteiger partial charge on any atom is 0.238 e. The molecule has 0 spiro atoms. The molecule has 2 heterocycles. The number of para-hydroxylation sites is 1. The molecule has 6 heteroatoms. The molecule has 0 radical (unpaired) electrons. The van der Waals surface area contributed by atoms with Crippen molar-refractivity contribution >= 4 is 17.5 Å². The molecule has 0 saturated carbocycles. The van der Waals surface area contributed by atoms with E-state index in [0.717, 1.165) is 56.8 Å². The number of aryl methyl sites for hydroxylation is 1. The Balaban J connectivity index is 1.40. The van der Waals surface area contributed by atoms with Gasteiger partial charge in [0.15, 0.2) is 0 Å². The van der Waals surface area contributed by atoms with Crippen LogP contribution >= 0.6 is 0 Å². The number of likely N-dealkylation sites (tertiary alicyclic amines) is 1. The highest BCUT2D eigenvalue weighted by atomic mass is 16.2. The van der Waals surface area contributed by atoms with Crippen LogP contribution in [0.3, 0.4) is 0 Å². The number of hydrogen-bond acceptors (Lipinski definition) is 4. The van der Waals surface area contributed by atoms with E-state index >= 15 is 0 Å². The Morgan fingerprint density at radius 3 is 2.33 bits per heavy atom. The van der Waals surface area contributed by atoms with Gasteiger partial charge in [0.05, 0.1) is 13.1 Å². The maximum absolute atomic E-state index is 12.6. The van der Waals surface area contributed by atoms with Crippen LogP contribution in [0.4, 0.5) is 5.69 Å². The van der Waals surface area contributed by atoms with E-state index in [9.17, 15) is 9.59 Å². The zero-order valence-electron chi connectivity index (χ0n) is 16.6. The van der Waals surface area contributed by atoms with Crippen LogP contribution in [-0.2, 0) is 9.59 Å². The van der Waals surface area contributed by atoms with Crippen molar-refractivity contribution in [2.75, 3.05) is 51.1 Å². The van der Waals surface area contributed by atoms with Gasteiger partial charge in [0.2, 0.25) is 11.8 Å². The van der Waals surface area contributed by atoms with Crippen LogP contribution in [0.25, 0.3) is 0 Å². The lowest BCUT2D eigenvalue weighted by Gasteiger charge is -2.37. The highest BCUT2D eigenvalue weighted by Gasteiger charge is 2.26. The van der Waals surface area contributed by atoms with Gasteiger partial charge >= 0.3 is 0 Å². The number of rotatable bonds is 5. The van der Waals surface area contributed by atoms with Crippen molar-refractivity contribution in [3.8, 4) is 0 Å². The molecule has 1 aromatic rings. The smallest absolute Gasteiger partial charge is 0.238 e. The third-order valence-electron chi connectivity index (χ3n) is 5.73. The van der Waals surface area contributed by atoms with Crippen molar-refractivity contribution in [1.29, 1.82) is 0 Å². The summed E-state index contributed by atoms with van der Waals surface area (Å²) in [6.07, 6.45) is 3.48. The van der Waals surface area contributed by atoms with Gasteiger partial charge in [0.25, 0.3) is 0 Å². The summed E-state index contributed by atoms with van der Waals surface area (Å²) in [5.74, 6) is 0.281. The standard InChI is InChI=1S/C21H32N4O2/c1-17-7-3-4-9-19(17)22-20(26)15-23-11-13-24(14-12-23)16-21(27)25-10-6-5-8-18(25)2/h3-4,7,9,18H,5-6,8,10-16H2,1-2H3,(H,22,26)/t18-/m1/s1. The van der Waals surface area contributed by atoms with E-state index in [2.05, 4.69) is 22.0 Å². The largest absolute Gasteiger partial charge is 0.339 e. The highest BCUT2D eigenvalue weighted by Crippen LogP contribution is 2.17. The van der Waals surface area contributed by atoms with Gasteiger partial charge in [0.1, 0.15) is 0 Å². The van der Waals surface area contributed by atoms with Gasteiger partial charge in [-0.2, -0.15) is 0 Å². The minimum absolute atomic E-state index is 0.0240. The molecule has 2 aliphatic rings. The predicted octanol–water partition coefficient (Wildman–Crippen LogP) is 1.95. The Kier molecular flexibility index (Phi) is 6.85. The third kappa shape index (κ3) is 5.53. The molecule has 2 aliphatic heterocycles. The molecule has 2 fully saturated rings. The quantitative estimate of drug-likeness (QED) is 0.858. The molecule has 0 aromatic heterocycles. The number of nitrogens with one attached hydrogen (secondary N) is 1. The second kappa shape index (κ2) is 9.33. The lowest BCUT2D eigenvalue weighted by Crippen LogP contribution is -2.53. The number of hydrogen-bond donors (Lipinski definition) is 1. The number of benzene rings is 1. The van der Waals surface area contributed by atoms with Gasteiger partial charge in [-0.1, -0.05) is 18.2 Å². The molecule has 1 aromatic carbocycles. The van der Waals surface area contributed by atoms with E-state index in [1.165, 1.54) is 6.42 Å². The van der Waals surface area contributed by atoms with Gasteiger partial charge < -0.3 is 10.2 Å². The first kappa shape index (κ1) is 19.8. The fourth-order valence-corrected chi connectivity index (χ4v) is 3.96. The first-order chi connectivity index (χ1) is 13.0. The summed E-state index contributed by atoms with van der Waals surface area (Å²) in [6.45, 7) is 9.29. The number of piperidine rings is 1.